The maximum Gasteiger partial charge on any atom is 0.361 e. The monoisotopic (exact) mass is 961 g/mol. The van der Waals surface area contributed by atoms with Crippen LogP contribution in [-0.2, 0) is 33.3 Å². The van der Waals surface area contributed by atoms with Gasteiger partial charge in [0.15, 0.2) is 6.10 Å². The highest BCUT2D eigenvalue weighted by atomic mass is 16.7. The zero-order valence-corrected chi connectivity index (χ0v) is 45.3. The van der Waals surface area contributed by atoms with Crippen molar-refractivity contribution < 1.29 is 42.9 Å². The van der Waals surface area contributed by atoms with Crippen LogP contribution in [0.3, 0.4) is 0 Å². The molecule has 0 aliphatic carbocycles. The number of esters is 2. The van der Waals surface area contributed by atoms with Crippen molar-refractivity contribution in [3.05, 3.63) is 36.5 Å². The van der Waals surface area contributed by atoms with Crippen LogP contribution in [0.25, 0.3) is 0 Å². The largest absolute Gasteiger partial charge is 0.477 e. The Kier molecular flexibility index (Phi) is 49.0. The van der Waals surface area contributed by atoms with Crippen LogP contribution in [0, 0.1) is 0 Å². The van der Waals surface area contributed by atoms with E-state index in [-0.39, 0.29) is 32.2 Å². The molecule has 0 bridgehead atoms. The number of hydrogen-bond acceptors (Lipinski definition) is 7. The standard InChI is InChI=1S/C59H109NO8/c1-6-8-10-12-14-16-18-20-22-24-26-27-28-29-30-31-32-34-35-37-39-41-43-45-47-49-56(61)66-53-55(54-67-59(58(63)64)65-52-51-60(3,4)5)68-57(62)50-48-46-44-42-40-38-36-33-25-23-21-19-17-15-13-11-9-7-2/h17,19,23-26,55,59H,6-16,18,20-22,27-54H2,1-5H3/p+1/b19-17-,25-23-,26-24-. The van der Waals surface area contributed by atoms with Gasteiger partial charge in [0.25, 0.3) is 6.29 Å². The maximum absolute atomic E-state index is 12.8. The van der Waals surface area contributed by atoms with Gasteiger partial charge in [-0.05, 0) is 70.6 Å². The molecule has 0 amide bonds. The molecule has 9 heteroatoms. The summed E-state index contributed by atoms with van der Waals surface area (Å²) in [4.78, 5) is 37.4. The highest BCUT2D eigenvalue weighted by Gasteiger charge is 2.25. The average molecular weight is 962 g/mol. The second kappa shape index (κ2) is 50.9. The number of carboxylic acids is 1. The first-order valence-electron chi connectivity index (χ1n) is 28.7. The molecule has 1 N–H and O–H groups in total. The van der Waals surface area contributed by atoms with E-state index < -0.39 is 24.3 Å². The van der Waals surface area contributed by atoms with Crippen molar-refractivity contribution in [1.82, 2.24) is 0 Å². The number of rotatable bonds is 53. The van der Waals surface area contributed by atoms with Crippen LogP contribution in [0.15, 0.2) is 36.5 Å². The minimum Gasteiger partial charge on any atom is -0.477 e. The summed E-state index contributed by atoms with van der Waals surface area (Å²) >= 11 is 0. The summed E-state index contributed by atoms with van der Waals surface area (Å²) < 4.78 is 22.9. The Morgan fingerprint density at radius 3 is 1.19 bits per heavy atom. The summed E-state index contributed by atoms with van der Waals surface area (Å²) in [7, 11) is 5.97. The van der Waals surface area contributed by atoms with Crippen molar-refractivity contribution in [2.75, 3.05) is 47.5 Å². The second-order valence-corrected chi connectivity index (χ2v) is 20.6. The van der Waals surface area contributed by atoms with Gasteiger partial charge in [-0.25, -0.2) is 4.79 Å². The van der Waals surface area contributed by atoms with Crippen molar-refractivity contribution in [3.8, 4) is 0 Å². The second-order valence-electron chi connectivity index (χ2n) is 20.6. The summed E-state index contributed by atoms with van der Waals surface area (Å²) in [5.74, 6) is -2.00. The quantitative estimate of drug-likeness (QED) is 0.0211. The predicted octanol–water partition coefficient (Wildman–Crippen LogP) is 16.5. The number of unbranched alkanes of at least 4 members (excludes halogenated alkanes) is 32. The van der Waals surface area contributed by atoms with Crippen molar-refractivity contribution in [2.24, 2.45) is 0 Å². The zero-order valence-electron chi connectivity index (χ0n) is 45.3. The first-order chi connectivity index (χ1) is 33.1. The number of ether oxygens (including phenoxy) is 4. The molecule has 0 rings (SSSR count). The van der Waals surface area contributed by atoms with E-state index in [1.165, 1.54) is 180 Å². The van der Waals surface area contributed by atoms with Gasteiger partial charge in [0.2, 0.25) is 0 Å². The highest BCUT2D eigenvalue weighted by Crippen LogP contribution is 2.16. The lowest BCUT2D eigenvalue weighted by molar-refractivity contribution is -0.870. The Balaban J connectivity index is 4.22. The fraction of sp³-hybridized carbons (Fsp3) is 0.847. The van der Waals surface area contributed by atoms with Gasteiger partial charge in [-0.15, -0.1) is 0 Å². The van der Waals surface area contributed by atoms with Crippen molar-refractivity contribution in [3.63, 3.8) is 0 Å². The summed E-state index contributed by atoms with van der Waals surface area (Å²) in [6.07, 6.45) is 57.9. The van der Waals surface area contributed by atoms with E-state index in [2.05, 4.69) is 50.3 Å². The van der Waals surface area contributed by atoms with Crippen molar-refractivity contribution in [2.45, 2.75) is 277 Å². The van der Waals surface area contributed by atoms with Crippen LogP contribution in [-0.4, -0.2) is 87.4 Å². The molecule has 0 aromatic carbocycles. The fourth-order valence-corrected chi connectivity index (χ4v) is 8.16. The Labute approximate surface area is 420 Å². The number of carbonyl (C=O) groups is 3. The molecule has 0 aliphatic rings. The van der Waals surface area contributed by atoms with Crippen LogP contribution in [0.4, 0.5) is 0 Å². The minimum atomic E-state index is -1.51. The molecule has 0 saturated heterocycles. The molecule has 0 heterocycles. The number of hydrogen-bond donors (Lipinski definition) is 1. The molecule has 398 valence electrons. The predicted molar refractivity (Wildman–Crippen MR) is 286 cm³/mol. The molecule has 9 nitrogen and oxygen atoms in total. The number of nitrogens with zero attached hydrogens (tertiary/aromatic N) is 1. The van der Waals surface area contributed by atoms with Gasteiger partial charge in [-0.3, -0.25) is 9.59 Å². The molecule has 0 saturated carbocycles. The molecule has 0 aromatic heterocycles. The van der Waals surface area contributed by atoms with Gasteiger partial charge in [0.1, 0.15) is 13.2 Å². The molecule has 0 aliphatic heterocycles. The Morgan fingerprint density at radius 2 is 0.794 bits per heavy atom. The normalized spacial score (nSPS) is 13.0. The molecule has 68 heavy (non-hydrogen) atoms. The van der Waals surface area contributed by atoms with Crippen LogP contribution in [0.1, 0.15) is 264 Å². The molecule has 2 unspecified atom stereocenters. The topological polar surface area (TPSA) is 108 Å². The lowest BCUT2D eigenvalue weighted by atomic mass is 10.0. The fourth-order valence-electron chi connectivity index (χ4n) is 8.16. The van der Waals surface area contributed by atoms with Crippen molar-refractivity contribution in [1.29, 1.82) is 0 Å². The first kappa shape index (κ1) is 65.5. The van der Waals surface area contributed by atoms with E-state index in [1.54, 1.807) is 0 Å². The van der Waals surface area contributed by atoms with E-state index in [9.17, 15) is 19.5 Å². The third-order valence-corrected chi connectivity index (χ3v) is 12.6. The third kappa shape index (κ3) is 51.4. The molecule has 0 radical (unpaired) electrons. The average Bonchev–Trinajstić information content (AvgIpc) is 3.30. The van der Waals surface area contributed by atoms with E-state index in [0.29, 0.717) is 23.9 Å². The number of likely N-dealkylation sites (N-methyl/N-ethyl adjacent to an activating group) is 1. The summed E-state index contributed by atoms with van der Waals surface area (Å²) in [5.41, 5.74) is 0. The Morgan fingerprint density at radius 1 is 0.441 bits per heavy atom. The summed E-state index contributed by atoms with van der Waals surface area (Å²) in [6.45, 7) is 4.88. The smallest absolute Gasteiger partial charge is 0.361 e. The highest BCUT2D eigenvalue weighted by molar-refractivity contribution is 5.71. The molecule has 0 aromatic rings. The van der Waals surface area contributed by atoms with Gasteiger partial charge in [0.05, 0.1) is 34.4 Å². The van der Waals surface area contributed by atoms with Crippen LogP contribution < -0.4 is 0 Å². The molecule has 2 atom stereocenters. The number of aliphatic carboxylic acids is 1. The van der Waals surface area contributed by atoms with E-state index >= 15 is 0 Å². The number of carbonyl (C=O) groups excluding carboxylic acids is 2. The summed E-state index contributed by atoms with van der Waals surface area (Å²) in [6, 6.07) is 0. The summed E-state index contributed by atoms with van der Waals surface area (Å²) in [5, 5.41) is 9.69. The van der Waals surface area contributed by atoms with Gasteiger partial charge in [0, 0.05) is 12.8 Å². The SMILES string of the molecule is CCCCCC/C=C\C/C=C\CCCCCCCCCC(=O)OC(COC(=O)CCCCCCCCCCCCCCC/C=C\CCCCCCCCCC)COC(OCC[N+](C)(C)C)C(=O)O. The molecular formula is C59H110NO8+. The van der Waals surface area contributed by atoms with Crippen LogP contribution in [0.5, 0.6) is 0 Å². The van der Waals surface area contributed by atoms with Crippen LogP contribution in [0.2, 0.25) is 0 Å². The van der Waals surface area contributed by atoms with E-state index in [4.69, 9.17) is 18.9 Å². The van der Waals surface area contributed by atoms with Gasteiger partial charge >= 0.3 is 17.9 Å². The van der Waals surface area contributed by atoms with Gasteiger partial charge in [-0.1, -0.05) is 217 Å². The van der Waals surface area contributed by atoms with Crippen molar-refractivity contribution >= 4 is 17.9 Å². The third-order valence-electron chi connectivity index (χ3n) is 12.6. The number of quaternary nitrogens is 1. The zero-order chi connectivity index (χ0) is 49.9. The van der Waals surface area contributed by atoms with Gasteiger partial charge in [-0.2, -0.15) is 0 Å². The molecule has 0 fully saturated rings. The maximum atomic E-state index is 12.8. The Bertz CT molecular complexity index is 1210. The van der Waals surface area contributed by atoms with E-state index in [1.807, 2.05) is 21.1 Å². The van der Waals surface area contributed by atoms with Gasteiger partial charge < -0.3 is 28.5 Å². The van der Waals surface area contributed by atoms with Crippen LogP contribution >= 0.6 is 0 Å². The number of carboxylic acid groups (broad SMARTS) is 1. The van der Waals surface area contributed by atoms with E-state index in [0.717, 1.165) is 51.4 Å². The lowest BCUT2D eigenvalue weighted by Crippen LogP contribution is -2.40. The number of allylic oxidation sites excluding steroid dienone is 6. The minimum absolute atomic E-state index is 0.183. The first-order valence-corrected chi connectivity index (χ1v) is 28.7. The molecular weight excluding hydrogens is 851 g/mol. The molecule has 0 spiro atoms. The lowest BCUT2D eigenvalue weighted by Gasteiger charge is -2.25. The Hall–Kier alpha value is -2.49.